The number of hydrogen-bond donors (Lipinski definition) is 1. The van der Waals surface area contributed by atoms with Gasteiger partial charge >= 0.3 is 0 Å². The highest BCUT2D eigenvalue weighted by atomic mass is 19.1. The van der Waals surface area contributed by atoms with E-state index in [1.807, 2.05) is 6.07 Å². The second-order valence-electron chi connectivity index (χ2n) is 5.51. The number of hydrogen-bond acceptors (Lipinski definition) is 3. The number of likely N-dealkylation sites (N-methyl/N-ethyl adjacent to an activating group) is 1. The molecule has 3 nitrogen and oxygen atoms in total. The molecule has 0 saturated carbocycles. The molecule has 2 rings (SSSR count). The Bertz CT molecular complexity index is 410. The van der Waals surface area contributed by atoms with Gasteiger partial charge in [-0.3, -0.25) is 4.90 Å². The fourth-order valence-electron chi connectivity index (χ4n) is 3.03. The molecule has 0 spiro atoms. The molecule has 1 saturated heterocycles. The van der Waals surface area contributed by atoms with Crippen LogP contribution in [0.25, 0.3) is 0 Å². The highest BCUT2D eigenvalue weighted by Gasteiger charge is 2.26. The van der Waals surface area contributed by atoms with Gasteiger partial charge in [-0.15, -0.1) is 0 Å². The Kier molecular flexibility index (Phi) is 4.91. The summed E-state index contributed by atoms with van der Waals surface area (Å²) in [5, 5.41) is 0. The largest absolute Gasteiger partial charge is 0.329 e. The average molecular weight is 265 g/mol. The van der Waals surface area contributed by atoms with Gasteiger partial charge in [0, 0.05) is 31.7 Å². The Morgan fingerprint density at radius 2 is 2.21 bits per heavy atom. The van der Waals surface area contributed by atoms with E-state index in [4.69, 9.17) is 5.73 Å². The molecule has 0 aromatic heterocycles. The van der Waals surface area contributed by atoms with Gasteiger partial charge in [-0.2, -0.15) is 0 Å². The van der Waals surface area contributed by atoms with Gasteiger partial charge in [0.15, 0.2) is 0 Å². The first kappa shape index (κ1) is 14.4. The van der Waals surface area contributed by atoms with Crippen molar-refractivity contribution in [2.45, 2.75) is 25.4 Å². The average Bonchev–Trinajstić information content (AvgIpc) is 2.52. The van der Waals surface area contributed by atoms with Crippen LogP contribution in [0.2, 0.25) is 0 Å². The van der Waals surface area contributed by atoms with Gasteiger partial charge in [0.25, 0.3) is 0 Å². The molecular weight excluding hydrogens is 241 g/mol. The molecule has 1 fully saturated rings. The van der Waals surface area contributed by atoms with Crippen LogP contribution in [0.5, 0.6) is 0 Å². The second-order valence-corrected chi connectivity index (χ2v) is 5.51. The van der Waals surface area contributed by atoms with Crippen molar-refractivity contribution in [2.75, 3.05) is 33.2 Å². The summed E-state index contributed by atoms with van der Waals surface area (Å²) in [6, 6.07) is 7.38. The molecule has 2 N–H and O–H groups in total. The molecule has 1 aromatic rings. The minimum atomic E-state index is -0.185. The van der Waals surface area contributed by atoms with Crippen molar-refractivity contribution in [1.82, 2.24) is 9.80 Å². The summed E-state index contributed by atoms with van der Waals surface area (Å²) < 4.78 is 13.4. The molecule has 1 heterocycles. The number of rotatable bonds is 3. The van der Waals surface area contributed by atoms with Gasteiger partial charge in [0.05, 0.1) is 0 Å². The molecule has 19 heavy (non-hydrogen) atoms. The molecule has 0 radical (unpaired) electrons. The first-order valence-electron chi connectivity index (χ1n) is 7.01. The lowest BCUT2D eigenvalue weighted by Gasteiger charge is -2.35. The van der Waals surface area contributed by atoms with Crippen molar-refractivity contribution in [1.29, 1.82) is 0 Å². The van der Waals surface area contributed by atoms with Crippen LogP contribution >= 0.6 is 0 Å². The maximum Gasteiger partial charge on any atom is 0.123 e. The molecule has 0 amide bonds. The van der Waals surface area contributed by atoms with Crippen LogP contribution in [-0.4, -0.2) is 49.1 Å². The standard InChI is InChI=1S/C15H24FN3/c1-12-11-18(2)7-4-8-19(12)15(10-17)13-5-3-6-14(16)9-13/h3,5-6,9,12,15H,4,7-8,10-11,17H2,1-2H3. The molecule has 1 aliphatic rings. The van der Waals surface area contributed by atoms with E-state index in [0.717, 1.165) is 31.6 Å². The molecule has 2 atom stereocenters. The van der Waals surface area contributed by atoms with Crippen LogP contribution in [-0.2, 0) is 0 Å². The molecule has 0 bridgehead atoms. The minimum absolute atomic E-state index is 0.109. The van der Waals surface area contributed by atoms with Gasteiger partial charge in [-0.05, 0) is 44.6 Å². The first-order chi connectivity index (χ1) is 9.11. The normalized spacial score (nSPS) is 24.1. The summed E-state index contributed by atoms with van der Waals surface area (Å²) in [6.07, 6.45) is 1.13. The van der Waals surface area contributed by atoms with Crippen LogP contribution in [0.4, 0.5) is 4.39 Å². The van der Waals surface area contributed by atoms with E-state index in [2.05, 4.69) is 23.8 Å². The molecule has 1 aromatic carbocycles. The Morgan fingerprint density at radius 3 is 2.89 bits per heavy atom. The van der Waals surface area contributed by atoms with E-state index in [1.54, 1.807) is 12.1 Å². The summed E-state index contributed by atoms with van der Waals surface area (Å²) in [6.45, 7) is 5.91. The highest BCUT2D eigenvalue weighted by Crippen LogP contribution is 2.24. The number of benzene rings is 1. The lowest BCUT2D eigenvalue weighted by atomic mass is 10.0. The fraction of sp³-hybridized carbons (Fsp3) is 0.600. The van der Waals surface area contributed by atoms with Crippen molar-refractivity contribution in [3.05, 3.63) is 35.6 Å². The predicted molar refractivity (Wildman–Crippen MR) is 76.5 cm³/mol. The van der Waals surface area contributed by atoms with Crippen LogP contribution in [0.3, 0.4) is 0 Å². The van der Waals surface area contributed by atoms with Gasteiger partial charge in [0.2, 0.25) is 0 Å². The first-order valence-corrected chi connectivity index (χ1v) is 7.01. The van der Waals surface area contributed by atoms with Crippen molar-refractivity contribution >= 4 is 0 Å². The van der Waals surface area contributed by atoms with Crippen LogP contribution in [0, 0.1) is 5.82 Å². The Balaban J connectivity index is 2.20. The van der Waals surface area contributed by atoms with Crippen LogP contribution < -0.4 is 5.73 Å². The zero-order chi connectivity index (χ0) is 13.8. The quantitative estimate of drug-likeness (QED) is 0.905. The number of nitrogens with two attached hydrogens (primary N) is 1. The third kappa shape index (κ3) is 3.53. The van der Waals surface area contributed by atoms with E-state index in [-0.39, 0.29) is 11.9 Å². The van der Waals surface area contributed by atoms with E-state index in [1.165, 1.54) is 6.07 Å². The second kappa shape index (κ2) is 6.46. The van der Waals surface area contributed by atoms with E-state index in [0.29, 0.717) is 12.6 Å². The van der Waals surface area contributed by atoms with Crippen molar-refractivity contribution < 1.29 is 4.39 Å². The summed E-state index contributed by atoms with van der Waals surface area (Å²) >= 11 is 0. The van der Waals surface area contributed by atoms with Gasteiger partial charge in [-0.25, -0.2) is 4.39 Å². The number of halogens is 1. The molecule has 0 aliphatic carbocycles. The fourth-order valence-corrected chi connectivity index (χ4v) is 3.03. The lowest BCUT2D eigenvalue weighted by molar-refractivity contribution is 0.146. The highest BCUT2D eigenvalue weighted by molar-refractivity contribution is 5.21. The Hall–Kier alpha value is -0.970. The van der Waals surface area contributed by atoms with E-state index < -0.39 is 0 Å². The Labute approximate surface area is 115 Å². The summed E-state index contributed by atoms with van der Waals surface area (Å²) in [4.78, 5) is 4.77. The van der Waals surface area contributed by atoms with Gasteiger partial charge < -0.3 is 10.6 Å². The molecule has 4 heteroatoms. The maximum atomic E-state index is 13.4. The van der Waals surface area contributed by atoms with Gasteiger partial charge in [-0.1, -0.05) is 12.1 Å². The van der Waals surface area contributed by atoms with E-state index in [9.17, 15) is 4.39 Å². The van der Waals surface area contributed by atoms with Gasteiger partial charge in [0.1, 0.15) is 5.82 Å². The third-order valence-electron chi connectivity index (χ3n) is 3.96. The number of nitrogens with zero attached hydrogens (tertiary/aromatic N) is 2. The third-order valence-corrected chi connectivity index (χ3v) is 3.96. The predicted octanol–water partition coefficient (Wildman–Crippen LogP) is 1.85. The molecule has 1 aliphatic heterocycles. The van der Waals surface area contributed by atoms with Crippen LogP contribution in [0.1, 0.15) is 24.9 Å². The Morgan fingerprint density at radius 1 is 1.42 bits per heavy atom. The summed E-state index contributed by atoms with van der Waals surface area (Å²) in [7, 11) is 2.15. The van der Waals surface area contributed by atoms with Crippen molar-refractivity contribution in [2.24, 2.45) is 5.73 Å². The van der Waals surface area contributed by atoms with E-state index >= 15 is 0 Å². The summed E-state index contributed by atoms with van der Waals surface area (Å²) in [5.74, 6) is -0.185. The zero-order valence-electron chi connectivity index (χ0n) is 11.8. The zero-order valence-corrected chi connectivity index (χ0v) is 11.8. The maximum absolute atomic E-state index is 13.4. The van der Waals surface area contributed by atoms with Crippen LogP contribution in [0.15, 0.2) is 24.3 Å². The lowest BCUT2D eigenvalue weighted by Crippen LogP contribution is -2.43. The molecule has 106 valence electrons. The smallest absolute Gasteiger partial charge is 0.123 e. The SMILES string of the molecule is CC1CN(C)CCCN1C(CN)c1cccc(F)c1. The summed E-state index contributed by atoms with van der Waals surface area (Å²) in [5.41, 5.74) is 6.94. The minimum Gasteiger partial charge on any atom is -0.329 e. The molecule has 2 unspecified atom stereocenters. The topological polar surface area (TPSA) is 32.5 Å². The van der Waals surface area contributed by atoms with Crippen molar-refractivity contribution in [3.8, 4) is 0 Å². The monoisotopic (exact) mass is 265 g/mol. The molecular formula is C15H24FN3. The van der Waals surface area contributed by atoms with Crippen molar-refractivity contribution in [3.63, 3.8) is 0 Å².